The topological polar surface area (TPSA) is 51.5 Å². The van der Waals surface area contributed by atoms with Crippen molar-refractivity contribution in [3.63, 3.8) is 0 Å². The van der Waals surface area contributed by atoms with Crippen LogP contribution in [0.4, 0.5) is 11.4 Å². The van der Waals surface area contributed by atoms with Gasteiger partial charge in [-0.2, -0.15) is 0 Å². The first-order valence-electron chi connectivity index (χ1n) is 11.4. The monoisotopic (exact) mass is 482 g/mol. The maximum absolute atomic E-state index is 13.7. The highest BCUT2D eigenvalue weighted by Gasteiger charge is 2.33. The predicted octanol–water partition coefficient (Wildman–Crippen LogP) is 6.78. The molecule has 0 radical (unpaired) electrons. The molecule has 1 amide bonds. The van der Waals surface area contributed by atoms with E-state index in [0.29, 0.717) is 11.1 Å². The molecule has 0 atom stereocenters. The van der Waals surface area contributed by atoms with Gasteiger partial charge in [0.2, 0.25) is 0 Å². The van der Waals surface area contributed by atoms with E-state index in [1.807, 2.05) is 88.4 Å². The van der Waals surface area contributed by atoms with E-state index in [-0.39, 0.29) is 11.9 Å². The van der Waals surface area contributed by atoms with Crippen LogP contribution in [-0.4, -0.2) is 23.6 Å². The van der Waals surface area contributed by atoms with Crippen molar-refractivity contribution in [1.29, 1.82) is 0 Å². The molecular weight excluding hydrogens is 456 g/mol. The van der Waals surface area contributed by atoms with Gasteiger partial charge in [-0.25, -0.2) is 4.79 Å². The SMILES string of the molecule is COC(=O)c1c(-n2c(C)cc(/C=C3/C(=O)N(c4ccccc4)c4ccccc43)c2C)sc(C)c1C. The van der Waals surface area contributed by atoms with Crippen LogP contribution in [0.3, 0.4) is 0 Å². The Balaban J connectivity index is 1.65. The van der Waals surface area contributed by atoms with E-state index in [1.54, 1.807) is 16.2 Å². The molecule has 0 spiro atoms. The summed E-state index contributed by atoms with van der Waals surface area (Å²) in [5, 5.41) is 0.843. The predicted molar refractivity (Wildman–Crippen MR) is 142 cm³/mol. The number of carbonyl (C=O) groups is 2. The second-order valence-corrected chi connectivity index (χ2v) is 9.87. The maximum Gasteiger partial charge on any atom is 0.341 e. The third-order valence-corrected chi connectivity index (χ3v) is 7.80. The molecule has 0 saturated heterocycles. The fourth-order valence-electron chi connectivity index (χ4n) is 4.73. The van der Waals surface area contributed by atoms with Crippen molar-refractivity contribution in [2.75, 3.05) is 12.0 Å². The highest BCUT2D eigenvalue weighted by atomic mass is 32.1. The first-order valence-corrected chi connectivity index (χ1v) is 12.2. The van der Waals surface area contributed by atoms with Gasteiger partial charge in [0.05, 0.1) is 23.9 Å². The number of aryl methyl sites for hydroxylation is 2. The highest BCUT2D eigenvalue weighted by molar-refractivity contribution is 7.15. The quantitative estimate of drug-likeness (QED) is 0.238. The largest absolute Gasteiger partial charge is 0.465 e. The molecule has 5 rings (SSSR count). The van der Waals surface area contributed by atoms with Gasteiger partial charge in [-0.1, -0.05) is 36.4 Å². The number of thiophene rings is 1. The number of amides is 1. The lowest BCUT2D eigenvalue weighted by atomic mass is 10.0. The summed E-state index contributed by atoms with van der Waals surface area (Å²) < 4.78 is 7.17. The summed E-state index contributed by atoms with van der Waals surface area (Å²) in [6, 6.07) is 19.6. The van der Waals surface area contributed by atoms with Crippen LogP contribution in [0.15, 0.2) is 60.7 Å². The molecule has 35 heavy (non-hydrogen) atoms. The lowest BCUT2D eigenvalue weighted by molar-refractivity contribution is -0.112. The maximum atomic E-state index is 13.7. The Kier molecular flexibility index (Phi) is 5.69. The molecule has 1 aliphatic heterocycles. The Hall–Kier alpha value is -3.90. The number of aromatic nitrogens is 1. The molecule has 0 unspecified atom stereocenters. The summed E-state index contributed by atoms with van der Waals surface area (Å²) >= 11 is 1.58. The van der Waals surface area contributed by atoms with E-state index in [1.165, 1.54) is 7.11 Å². The van der Waals surface area contributed by atoms with Crippen molar-refractivity contribution >= 4 is 46.2 Å². The van der Waals surface area contributed by atoms with Gasteiger partial charge in [0.1, 0.15) is 5.00 Å². The standard InChI is InChI=1S/C29H26N2O3S/c1-17-15-21(19(3)30(17)28-26(29(33)34-5)18(2)20(4)35-28)16-24-23-13-9-10-14-25(23)31(27(24)32)22-11-7-6-8-12-22/h6-16H,1-5H3/b24-16+. The summed E-state index contributed by atoms with van der Waals surface area (Å²) in [7, 11) is 1.41. The van der Waals surface area contributed by atoms with Crippen LogP contribution in [0.25, 0.3) is 16.7 Å². The molecule has 4 aromatic rings. The minimum atomic E-state index is -0.340. The molecule has 1 aliphatic rings. The van der Waals surface area contributed by atoms with Gasteiger partial charge in [-0.15, -0.1) is 11.3 Å². The number of nitrogens with zero attached hydrogens (tertiary/aromatic N) is 2. The van der Waals surface area contributed by atoms with Gasteiger partial charge in [0, 0.05) is 27.5 Å². The number of hydrogen-bond donors (Lipinski definition) is 0. The molecule has 176 valence electrons. The number of anilines is 2. The lowest BCUT2D eigenvalue weighted by Crippen LogP contribution is -2.20. The van der Waals surface area contributed by atoms with Crippen molar-refractivity contribution in [2.24, 2.45) is 0 Å². The van der Waals surface area contributed by atoms with E-state index >= 15 is 0 Å². The van der Waals surface area contributed by atoms with Gasteiger partial charge in [0.15, 0.2) is 0 Å². The Bertz CT molecular complexity index is 1510. The number of ether oxygens (including phenoxy) is 1. The number of esters is 1. The Labute approximate surface area is 208 Å². The van der Waals surface area contributed by atoms with Gasteiger partial charge in [-0.3, -0.25) is 9.69 Å². The summed E-state index contributed by atoms with van der Waals surface area (Å²) in [4.78, 5) is 29.1. The number of hydrogen-bond acceptors (Lipinski definition) is 4. The number of benzene rings is 2. The lowest BCUT2D eigenvalue weighted by Gasteiger charge is -2.16. The van der Waals surface area contributed by atoms with Crippen LogP contribution < -0.4 is 4.90 Å². The molecule has 2 aromatic heterocycles. The molecule has 5 nitrogen and oxygen atoms in total. The molecule has 6 heteroatoms. The van der Waals surface area contributed by atoms with Crippen molar-refractivity contribution in [1.82, 2.24) is 4.57 Å². The van der Waals surface area contributed by atoms with Crippen molar-refractivity contribution < 1.29 is 14.3 Å². The van der Waals surface area contributed by atoms with Crippen LogP contribution in [0.2, 0.25) is 0 Å². The van der Waals surface area contributed by atoms with E-state index in [9.17, 15) is 9.59 Å². The Morgan fingerprint density at radius 3 is 2.37 bits per heavy atom. The Morgan fingerprint density at radius 1 is 0.971 bits per heavy atom. The molecule has 3 heterocycles. The van der Waals surface area contributed by atoms with E-state index in [2.05, 4.69) is 10.6 Å². The number of carbonyl (C=O) groups excluding carboxylic acids is 2. The molecule has 0 aliphatic carbocycles. The van der Waals surface area contributed by atoms with Crippen molar-refractivity contribution in [3.8, 4) is 5.00 Å². The third kappa shape index (κ3) is 3.61. The number of para-hydroxylation sites is 2. The minimum absolute atomic E-state index is 0.0553. The van der Waals surface area contributed by atoms with Crippen LogP contribution in [0.1, 0.15) is 43.3 Å². The van der Waals surface area contributed by atoms with Crippen LogP contribution >= 0.6 is 11.3 Å². The fourth-order valence-corrected chi connectivity index (χ4v) is 5.98. The van der Waals surface area contributed by atoms with Crippen LogP contribution in [-0.2, 0) is 9.53 Å². The zero-order valence-electron chi connectivity index (χ0n) is 20.4. The number of rotatable bonds is 4. The zero-order chi connectivity index (χ0) is 24.9. The van der Waals surface area contributed by atoms with E-state index in [0.717, 1.165) is 49.3 Å². The summed E-state index contributed by atoms with van der Waals surface area (Å²) in [5.74, 6) is -0.395. The summed E-state index contributed by atoms with van der Waals surface area (Å²) in [5.41, 5.74) is 7.68. The smallest absolute Gasteiger partial charge is 0.341 e. The highest BCUT2D eigenvalue weighted by Crippen LogP contribution is 2.43. The second-order valence-electron chi connectivity index (χ2n) is 8.67. The van der Waals surface area contributed by atoms with Gasteiger partial charge in [-0.05, 0) is 69.2 Å². The zero-order valence-corrected chi connectivity index (χ0v) is 21.2. The average molecular weight is 483 g/mol. The fraction of sp³-hybridized carbons (Fsp3) is 0.172. The molecule has 2 aromatic carbocycles. The molecule has 0 N–H and O–H groups in total. The second kappa shape index (κ2) is 8.71. The normalized spacial score (nSPS) is 14.0. The van der Waals surface area contributed by atoms with Crippen LogP contribution in [0, 0.1) is 27.7 Å². The van der Waals surface area contributed by atoms with Gasteiger partial charge < -0.3 is 9.30 Å². The van der Waals surface area contributed by atoms with Crippen molar-refractivity contribution in [2.45, 2.75) is 27.7 Å². The average Bonchev–Trinajstić information content (AvgIpc) is 3.42. The Morgan fingerprint density at radius 2 is 1.66 bits per heavy atom. The third-order valence-electron chi connectivity index (χ3n) is 6.61. The van der Waals surface area contributed by atoms with E-state index < -0.39 is 0 Å². The number of fused-ring (bicyclic) bond motifs is 1. The van der Waals surface area contributed by atoms with Gasteiger partial charge in [0.25, 0.3) is 5.91 Å². The summed E-state index contributed by atoms with van der Waals surface area (Å²) in [6.07, 6.45) is 1.97. The first kappa shape index (κ1) is 22.9. The molecule has 0 bridgehead atoms. The molecule has 0 fully saturated rings. The van der Waals surface area contributed by atoms with Crippen LogP contribution in [0.5, 0.6) is 0 Å². The summed E-state index contributed by atoms with van der Waals surface area (Å²) in [6.45, 7) is 8.00. The number of methoxy groups -OCH3 is 1. The molecule has 0 saturated carbocycles. The minimum Gasteiger partial charge on any atom is -0.465 e. The van der Waals surface area contributed by atoms with E-state index in [4.69, 9.17) is 4.74 Å². The first-order chi connectivity index (χ1) is 16.8. The van der Waals surface area contributed by atoms with Gasteiger partial charge >= 0.3 is 5.97 Å². The molecular formula is C29H26N2O3S. The van der Waals surface area contributed by atoms with Crippen molar-refractivity contribution in [3.05, 3.63) is 99.2 Å².